The molecule has 8 heteroatoms. The molecule has 3 aromatic carbocycles. The lowest BCUT2D eigenvalue weighted by Gasteiger charge is -2.14. The van der Waals surface area contributed by atoms with E-state index in [2.05, 4.69) is 5.32 Å². The van der Waals surface area contributed by atoms with E-state index in [0.29, 0.717) is 34.1 Å². The number of hydrogen-bond acceptors (Lipinski definition) is 6. The number of nitrogens with zero attached hydrogens (tertiary/aromatic N) is 2. The van der Waals surface area contributed by atoms with Crippen LogP contribution in [0.5, 0.6) is 11.5 Å². The summed E-state index contributed by atoms with van der Waals surface area (Å²) in [7, 11) is 0. The Hall–Kier alpha value is -3.78. The molecule has 1 aliphatic rings. The highest BCUT2D eigenvalue weighted by Gasteiger charge is 2.17. The normalized spacial score (nSPS) is 12.2. The molecule has 0 unspecified atom stereocenters. The number of amides is 1. The van der Waals surface area contributed by atoms with Crippen LogP contribution in [0, 0.1) is 13.8 Å². The van der Waals surface area contributed by atoms with Crippen LogP contribution in [0.3, 0.4) is 0 Å². The molecule has 0 spiro atoms. The average Bonchev–Trinajstić information content (AvgIpc) is 3.31. The Bertz CT molecular complexity index is 1460. The summed E-state index contributed by atoms with van der Waals surface area (Å²) in [5.41, 5.74) is 4.26. The van der Waals surface area contributed by atoms with Gasteiger partial charge in [0.1, 0.15) is 0 Å². The summed E-state index contributed by atoms with van der Waals surface area (Å²) in [5, 5.41) is 3.98. The van der Waals surface area contributed by atoms with Gasteiger partial charge in [-0.25, -0.2) is 4.98 Å². The summed E-state index contributed by atoms with van der Waals surface area (Å²) in [6.07, 6.45) is 0. The number of nitrogens with one attached hydrogen (secondary N) is 1. The van der Waals surface area contributed by atoms with Crippen LogP contribution in [0.4, 0.5) is 5.69 Å². The summed E-state index contributed by atoms with van der Waals surface area (Å²) >= 11 is 1.24. The van der Waals surface area contributed by atoms with Crippen LogP contribution in [0.2, 0.25) is 0 Å². The first-order chi connectivity index (χ1) is 16.5. The molecule has 172 valence electrons. The molecule has 4 aromatic rings. The van der Waals surface area contributed by atoms with Crippen LogP contribution in [0.25, 0.3) is 10.9 Å². The van der Waals surface area contributed by atoms with Crippen LogP contribution in [0.15, 0.2) is 70.6 Å². The summed E-state index contributed by atoms with van der Waals surface area (Å²) in [6, 6.07) is 18.6. The van der Waals surface area contributed by atoms with Crippen LogP contribution >= 0.6 is 11.8 Å². The number of rotatable bonds is 6. The Morgan fingerprint density at radius 2 is 1.88 bits per heavy atom. The zero-order valence-electron chi connectivity index (χ0n) is 18.8. The maximum absolute atomic E-state index is 13.4. The van der Waals surface area contributed by atoms with E-state index in [-0.39, 0.29) is 24.0 Å². The lowest BCUT2D eigenvalue weighted by molar-refractivity contribution is -0.113. The highest BCUT2D eigenvalue weighted by molar-refractivity contribution is 7.99. The molecule has 0 fully saturated rings. The van der Waals surface area contributed by atoms with Crippen molar-refractivity contribution in [3.8, 4) is 11.5 Å². The van der Waals surface area contributed by atoms with E-state index in [1.165, 1.54) is 11.8 Å². The summed E-state index contributed by atoms with van der Waals surface area (Å²) in [6.45, 7) is 4.47. The third-order valence-electron chi connectivity index (χ3n) is 5.82. The number of ether oxygens (including phenoxy) is 2. The molecule has 0 atom stereocenters. The second kappa shape index (κ2) is 9.23. The van der Waals surface area contributed by atoms with Gasteiger partial charge in [0.15, 0.2) is 16.7 Å². The highest BCUT2D eigenvalue weighted by atomic mass is 32.2. The molecule has 7 nitrogen and oxygen atoms in total. The number of carbonyl (C=O) groups is 1. The minimum absolute atomic E-state index is 0.124. The molecule has 0 bridgehead atoms. The second-order valence-electron chi connectivity index (χ2n) is 8.07. The SMILES string of the molecule is Cc1cccc(NC(=O)CSc2nc3ccccc3c(=O)n2Cc2ccc3c(c2)OCO3)c1C. The lowest BCUT2D eigenvalue weighted by Crippen LogP contribution is -2.25. The number of fused-ring (bicyclic) bond motifs is 2. The molecular weight excluding hydrogens is 450 g/mol. The van der Waals surface area contributed by atoms with Gasteiger partial charge < -0.3 is 14.8 Å². The number of para-hydroxylation sites is 1. The monoisotopic (exact) mass is 473 g/mol. The molecule has 0 saturated heterocycles. The van der Waals surface area contributed by atoms with Crippen molar-refractivity contribution < 1.29 is 14.3 Å². The van der Waals surface area contributed by atoms with Crippen LogP contribution < -0.4 is 20.3 Å². The number of aryl methyl sites for hydroxylation is 1. The fourth-order valence-electron chi connectivity index (χ4n) is 3.82. The van der Waals surface area contributed by atoms with Crippen molar-refractivity contribution >= 4 is 34.3 Å². The van der Waals surface area contributed by atoms with E-state index < -0.39 is 0 Å². The fraction of sp³-hybridized carbons (Fsp3) is 0.192. The van der Waals surface area contributed by atoms with Crippen molar-refractivity contribution in [2.24, 2.45) is 0 Å². The van der Waals surface area contributed by atoms with Crippen molar-refractivity contribution in [2.45, 2.75) is 25.5 Å². The van der Waals surface area contributed by atoms with Crippen molar-refractivity contribution in [2.75, 3.05) is 17.9 Å². The van der Waals surface area contributed by atoms with Gasteiger partial charge in [0.25, 0.3) is 5.56 Å². The third-order valence-corrected chi connectivity index (χ3v) is 6.79. The fourth-order valence-corrected chi connectivity index (χ4v) is 4.62. The van der Waals surface area contributed by atoms with E-state index in [4.69, 9.17) is 14.5 Å². The summed E-state index contributed by atoms with van der Waals surface area (Å²) in [4.78, 5) is 30.8. The van der Waals surface area contributed by atoms with Gasteiger partial charge >= 0.3 is 0 Å². The third kappa shape index (κ3) is 4.36. The maximum Gasteiger partial charge on any atom is 0.262 e. The van der Waals surface area contributed by atoms with Gasteiger partial charge in [0.2, 0.25) is 12.7 Å². The molecule has 34 heavy (non-hydrogen) atoms. The number of benzene rings is 3. The minimum atomic E-state index is -0.157. The largest absolute Gasteiger partial charge is 0.454 e. The first-order valence-electron chi connectivity index (χ1n) is 10.9. The summed E-state index contributed by atoms with van der Waals surface area (Å²) in [5.74, 6) is 1.31. The molecule has 5 rings (SSSR count). The van der Waals surface area contributed by atoms with Crippen molar-refractivity contribution in [3.63, 3.8) is 0 Å². The zero-order valence-corrected chi connectivity index (χ0v) is 19.6. The smallest absolute Gasteiger partial charge is 0.262 e. The molecule has 1 N–H and O–H groups in total. The van der Waals surface area contributed by atoms with Crippen molar-refractivity contribution in [3.05, 3.63) is 87.7 Å². The van der Waals surface area contributed by atoms with E-state index in [1.807, 2.05) is 68.4 Å². The predicted octanol–water partition coefficient (Wildman–Crippen LogP) is 4.52. The molecule has 0 saturated carbocycles. The van der Waals surface area contributed by atoms with Crippen LogP contribution in [0.1, 0.15) is 16.7 Å². The molecular formula is C26H23N3O4S. The van der Waals surface area contributed by atoms with Gasteiger partial charge in [-0.05, 0) is 60.9 Å². The van der Waals surface area contributed by atoms with Gasteiger partial charge in [-0.3, -0.25) is 14.2 Å². The molecule has 1 aliphatic heterocycles. The van der Waals surface area contributed by atoms with Crippen LogP contribution in [-0.4, -0.2) is 28.0 Å². The first kappa shape index (κ1) is 22.0. The Labute approximate surface area is 200 Å². The van der Waals surface area contributed by atoms with Gasteiger partial charge in [0, 0.05) is 5.69 Å². The van der Waals surface area contributed by atoms with Gasteiger partial charge in [-0.1, -0.05) is 42.1 Å². The van der Waals surface area contributed by atoms with E-state index in [0.717, 1.165) is 22.4 Å². The van der Waals surface area contributed by atoms with Crippen molar-refractivity contribution in [1.82, 2.24) is 9.55 Å². The number of aromatic nitrogens is 2. The topological polar surface area (TPSA) is 82.5 Å². The first-order valence-corrected chi connectivity index (χ1v) is 11.8. The highest BCUT2D eigenvalue weighted by Crippen LogP contribution is 2.33. The molecule has 1 amide bonds. The lowest BCUT2D eigenvalue weighted by atomic mass is 10.1. The zero-order chi connectivity index (χ0) is 23.7. The number of thioether (sulfide) groups is 1. The summed E-state index contributed by atoms with van der Waals surface area (Å²) < 4.78 is 12.5. The second-order valence-corrected chi connectivity index (χ2v) is 9.02. The molecule has 2 heterocycles. The van der Waals surface area contributed by atoms with E-state index in [1.54, 1.807) is 10.6 Å². The number of hydrogen-bond donors (Lipinski definition) is 1. The predicted molar refractivity (Wildman–Crippen MR) is 133 cm³/mol. The molecule has 0 aliphatic carbocycles. The quantitative estimate of drug-likeness (QED) is 0.328. The maximum atomic E-state index is 13.4. The number of anilines is 1. The van der Waals surface area contributed by atoms with Gasteiger partial charge in [-0.15, -0.1) is 0 Å². The Morgan fingerprint density at radius 3 is 2.76 bits per heavy atom. The van der Waals surface area contributed by atoms with E-state index >= 15 is 0 Å². The molecule has 0 radical (unpaired) electrons. The van der Waals surface area contributed by atoms with E-state index in [9.17, 15) is 9.59 Å². The Balaban J connectivity index is 1.43. The standard InChI is InChI=1S/C26H23N3O4S/c1-16-6-5-9-20(17(16)2)27-24(30)14-34-26-28-21-8-4-3-7-19(21)25(31)29(26)13-18-10-11-22-23(12-18)33-15-32-22/h3-12H,13-15H2,1-2H3,(H,27,30). The Kier molecular flexibility index (Phi) is 5.98. The van der Waals surface area contributed by atoms with Crippen LogP contribution in [-0.2, 0) is 11.3 Å². The molecule has 1 aromatic heterocycles. The minimum Gasteiger partial charge on any atom is -0.454 e. The van der Waals surface area contributed by atoms with Crippen molar-refractivity contribution in [1.29, 1.82) is 0 Å². The number of carbonyl (C=O) groups excluding carboxylic acids is 1. The Morgan fingerprint density at radius 1 is 1.06 bits per heavy atom. The van der Waals surface area contributed by atoms with Gasteiger partial charge in [-0.2, -0.15) is 0 Å². The average molecular weight is 474 g/mol. The van der Waals surface area contributed by atoms with Gasteiger partial charge in [0.05, 0.1) is 23.2 Å².